The number of carbonyl (C=O) groups excluding carboxylic acids is 3. The lowest BCUT2D eigenvalue weighted by molar-refractivity contribution is -0.145. The number of alkyl halides is 1. The zero-order valence-corrected chi connectivity index (χ0v) is 18.0. The van der Waals surface area contributed by atoms with Crippen LogP contribution in [0.2, 0.25) is 0 Å². The fourth-order valence-electron chi connectivity index (χ4n) is 3.80. The molecule has 0 radical (unpaired) electrons. The fraction of sp³-hybridized carbons (Fsp3) is 0.526. The molecule has 1 aromatic carbocycles. The van der Waals surface area contributed by atoms with Crippen LogP contribution in [0.4, 0.5) is 15.3 Å². The molecule has 8 nitrogen and oxygen atoms in total. The van der Waals surface area contributed by atoms with E-state index in [4.69, 9.17) is 14.2 Å². The third-order valence-corrected chi connectivity index (χ3v) is 5.96. The molecule has 1 aromatic rings. The van der Waals surface area contributed by atoms with E-state index >= 15 is 0 Å². The highest BCUT2D eigenvalue weighted by atomic mass is 79.9. The van der Waals surface area contributed by atoms with Crippen molar-refractivity contribution in [3.8, 4) is 0 Å². The molecule has 28 heavy (non-hydrogen) atoms. The number of rotatable bonds is 1. The smallest absolute Gasteiger partial charge is 0.416 e. The first kappa shape index (κ1) is 20.4. The van der Waals surface area contributed by atoms with Crippen molar-refractivity contribution >= 4 is 39.8 Å². The van der Waals surface area contributed by atoms with E-state index in [2.05, 4.69) is 15.9 Å². The van der Waals surface area contributed by atoms with Crippen LogP contribution >= 0.6 is 15.9 Å². The largest absolute Gasteiger partial charge is 0.467 e. The van der Waals surface area contributed by atoms with Crippen LogP contribution in [0.3, 0.4) is 0 Å². The molecule has 0 unspecified atom stereocenters. The van der Waals surface area contributed by atoms with Crippen LogP contribution in [0.15, 0.2) is 24.3 Å². The Labute approximate surface area is 171 Å². The van der Waals surface area contributed by atoms with Crippen LogP contribution in [-0.2, 0) is 23.3 Å². The molecular weight excluding hydrogens is 432 g/mol. The van der Waals surface area contributed by atoms with Crippen LogP contribution in [0.25, 0.3) is 0 Å². The number of hydrogen-bond donors (Lipinski definition) is 0. The van der Waals surface area contributed by atoms with Crippen molar-refractivity contribution in [3.05, 3.63) is 29.8 Å². The zero-order valence-electron chi connectivity index (χ0n) is 16.4. The van der Waals surface area contributed by atoms with Crippen molar-refractivity contribution in [1.82, 2.24) is 4.90 Å². The van der Waals surface area contributed by atoms with Crippen LogP contribution in [0, 0.1) is 0 Å². The predicted molar refractivity (Wildman–Crippen MR) is 104 cm³/mol. The van der Waals surface area contributed by atoms with E-state index in [0.29, 0.717) is 5.69 Å². The molecule has 152 valence electrons. The third-order valence-electron chi connectivity index (χ3n) is 4.80. The summed E-state index contributed by atoms with van der Waals surface area (Å²) in [6, 6.07) is 6.36. The molecule has 3 rings (SSSR count). The number of esters is 1. The van der Waals surface area contributed by atoms with Gasteiger partial charge in [0, 0.05) is 6.42 Å². The van der Waals surface area contributed by atoms with Crippen molar-refractivity contribution in [2.75, 3.05) is 19.1 Å². The second-order valence-electron chi connectivity index (χ2n) is 7.72. The van der Waals surface area contributed by atoms with Crippen LogP contribution in [0.5, 0.6) is 0 Å². The zero-order chi connectivity index (χ0) is 20.9. The van der Waals surface area contributed by atoms with Crippen LogP contribution in [-0.4, -0.2) is 55.1 Å². The Kier molecular flexibility index (Phi) is 5.07. The Morgan fingerprint density at radius 3 is 2.32 bits per heavy atom. The number of carbonyl (C=O) groups is 3. The summed E-state index contributed by atoms with van der Waals surface area (Å²) in [4.78, 5) is 40.8. The quantitative estimate of drug-likeness (QED) is 0.367. The highest BCUT2D eigenvalue weighted by molar-refractivity contribution is 9.09. The first-order chi connectivity index (χ1) is 13.0. The molecule has 2 aliphatic heterocycles. The van der Waals surface area contributed by atoms with Crippen molar-refractivity contribution in [2.45, 2.75) is 49.3 Å². The van der Waals surface area contributed by atoms with Crippen molar-refractivity contribution in [1.29, 1.82) is 0 Å². The minimum absolute atomic E-state index is 0.218. The Morgan fingerprint density at radius 1 is 1.11 bits per heavy atom. The second-order valence-corrected chi connectivity index (χ2v) is 9.14. The highest BCUT2D eigenvalue weighted by Crippen LogP contribution is 2.58. The molecule has 0 aliphatic carbocycles. The van der Waals surface area contributed by atoms with Gasteiger partial charge in [0.15, 0.2) is 0 Å². The maximum Gasteiger partial charge on any atom is 0.416 e. The van der Waals surface area contributed by atoms with Crippen LogP contribution < -0.4 is 4.90 Å². The van der Waals surface area contributed by atoms with Gasteiger partial charge in [0.25, 0.3) is 0 Å². The number of nitrogens with zero attached hydrogens (tertiary/aromatic N) is 2. The fourth-order valence-corrected chi connectivity index (χ4v) is 4.86. The van der Waals surface area contributed by atoms with E-state index in [1.54, 1.807) is 32.9 Å². The Morgan fingerprint density at radius 2 is 1.75 bits per heavy atom. The van der Waals surface area contributed by atoms with Gasteiger partial charge in [-0.1, -0.05) is 34.1 Å². The number of methoxy groups -OCH3 is 2. The molecule has 3 atom stereocenters. The molecule has 2 aliphatic rings. The molecular formula is C19H23BrN2O6. The summed E-state index contributed by atoms with van der Waals surface area (Å²) < 4.78 is 14.5. The number of likely N-dealkylation sites (tertiary alicyclic amines) is 1. The summed E-state index contributed by atoms with van der Waals surface area (Å²) in [5.74, 6) is -0.583. The lowest BCUT2D eigenvalue weighted by atomic mass is 9.96. The summed E-state index contributed by atoms with van der Waals surface area (Å²) in [5, 5.41) is 0. The Hall–Kier alpha value is -2.29. The molecule has 0 bridgehead atoms. The third kappa shape index (κ3) is 3.11. The molecule has 1 fully saturated rings. The number of fused-ring (bicyclic) bond motifs is 3. The number of para-hydroxylation sites is 1. The van der Waals surface area contributed by atoms with Crippen molar-refractivity contribution < 1.29 is 28.6 Å². The van der Waals surface area contributed by atoms with Gasteiger partial charge in [-0.15, -0.1) is 0 Å². The van der Waals surface area contributed by atoms with Gasteiger partial charge in [-0.3, -0.25) is 9.80 Å². The van der Waals surface area contributed by atoms with E-state index in [1.165, 1.54) is 24.0 Å². The van der Waals surface area contributed by atoms with E-state index in [0.717, 1.165) is 5.56 Å². The predicted octanol–water partition coefficient (Wildman–Crippen LogP) is 3.37. The van der Waals surface area contributed by atoms with E-state index in [-0.39, 0.29) is 6.42 Å². The molecule has 0 saturated carbocycles. The van der Waals surface area contributed by atoms with Gasteiger partial charge in [-0.2, -0.15) is 0 Å². The van der Waals surface area contributed by atoms with Gasteiger partial charge in [-0.25, -0.2) is 14.4 Å². The number of ether oxygens (including phenoxy) is 3. The lowest BCUT2D eigenvalue weighted by Gasteiger charge is -2.35. The van der Waals surface area contributed by atoms with Crippen LogP contribution in [0.1, 0.15) is 32.8 Å². The highest BCUT2D eigenvalue weighted by Gasteiger charge is 2.65. The summed E-state index contributed by atoms with van der Waals surface area (Å²) >= 11 is 3.73. The number of halogens is 1. The second kappa shape index (κ2) is 6.95. The standard InChI is InChI=1S/C19H23BrN2O6/c1-18(2,3)28-17(25)21-12-9-7-6-8-11(12)19(20)10-13(14(23)26-4)22(15(19)21)16(24)27-5/h6-9,13,15H,10H2,1-5H3/t13-,15-,19+/m1/s1. The Bertz CT molecular complexity index is 823. The maximum absolute atomic E-state index is 13.1. The van der Waals surface area contributed by atoms with Gasteiger partial charge in [-0.05, 0) is 32.4 Å². The first-order valence-corrected chi connectivity index (χ1v) is 9.59. The minimum atomic E-state index is -0.917. The monoisotopic (exact) mass is 454 g/mol. The van der Waals surface area contributed by atoms with E-state index in [9.17, 15) is 14.4 Å². The summed E-state index contributed by atoms with van der Waals surface area (Å²) in [7, 11) is 2.48. The summed E-state index contributed by atoms with van der Waals surface area (Å²) in [5.41, 5.74) is 0.655. The lowest BCUT2D eigenvalue weighted by Crippen LogP contribution is -2.56. The van der Waals surface area contributed by atoms with Crippen molar-refractivity contribution in [3.63, 3.8) is 0 Å². The van der Waals surface area contributed by atoms with Gasteiger partial charge in [0.05, 0.1) is 24.2 Å². The Balaban J connectivity index is 2.16. The molecule has 2 amide bonds. The van der Waals surface area contributed by atoms with Gasteiger partial charge >= 0.3 is 18.2 Å². The molecule has 9 heteroatoms. The minimum Gasteiger partial charge on any atom is -0.467 e. The van der Waals surface area contributed by atoms with Gasteiger partial charge in [0.1, 0.15) is 17.8 Å². The maximum atomic E-state index is 13.1. The molecule has 2 heterocycles. The SMILES string of the molecule is COC(=O)[C@H]1C[C@]2(Br)c3ccccc3N(C(=O)OC(C)(C)C)[C@@H]2N1C(=O)OC. The molecule has 0 aromatic heterocycles. The number of amides is 2. The van der Waals surface area contributed by atoms with Gasteiger partial charge < -0.3 is 14.2 Å². The summed E-state index contributed by atoms with van der Waals surface area (Å²) in [6.45, 7) is 5.29. The number of benzene rings is 1. The van der Waals surface area contributed by atoms with Crippen molar-refractivity contribution in [2.24, 2.45) is 0 Å². The van der Waals surface area contributed by atoms with E-state index in [1.807, 2.05) is 12.1 Å². The topological polar surface area (TPSA) is 85.4 Å². The average molecular weight is 455 g/mol. The number of anilines is 1. The van der Waals surface area contributed by atoms with Gasteiger partial charge in [0.2, 0.25) is 0 Å². The first-order valence-electron chi connectivity index (χ1n) is 8.80. The van der Waals surface area contributed by atoms with E-state index < -0.39 is 40.3 Å². The normalized spacial score (nSPS) is 25.8. The molecule has 0 spiro atoms. The average Bonchev–Trinajstić information content (AvgIpc) is 3.06. The number of hydrogen-bond acceptors (Lipinski definition) is 6. The summed E-state index contributed by atoms with van der Waals surface area (Å²) in [6.07, 6.45) is -1.99. The molecule has 0 N–H and O–H groups in total. The molecule has 1 saturated heterocycles.